The Kier molecular flexibility index (Phi) is 7.32. The fourth-order valence-corrected chi connectivity index (χ4v) is 2.64. The van der Waals surface area contributed by atoms with Crippen LogP contribution in [0, 0.1) is 6.92 Å². The number of carbonyl (C=O) groups is 3. The quantitative estimate of drug-likeness (QED) is 0.205. The van der Waals surface area contributed by atoms with Crippen LogP contribution in [0.15, 0.2) is 77.9 Å². The van der Waals surface area contributed by atoms with E-state index in [0.717, 1.165) is 5.56 Å². The summed E-state index contributed by atoms with van der Waals surface area (Å²) in [6, 6.07) is 20.2. The molecule has 0 saturated carbocycles. The second-order valence-corrected chi connectivity index (χ2v) is 6.71. The predicted octanol–water partition coefficient (Wildman–Crippen LogP) is 3.31. The number of hydrogen-bond donors (Lipinski definition) is 2. The Morgan fingerprint density at radius 2 is 1.56 bits per heavy atom. The van der Waals surface area contributed by atoms with Crippen LogP contribution in [0.25, 0.3) is 0 Å². The number of rotatable bonds is 6. The maximum Gasteiger partial charge on any atom is 0.343 e. The van der Waals surface area contributed by atoms with Gasteiger partial charge in [-0.05, 0) is 73.2 Å². The molecule has 0 bridgehead atoms. The molecule has 0 heterocycles. The number of esters is 1. The van der Waals surface area contributed by atoms with E-state index < -0.39 is 17.8 Å². The maximum atomic E-state index is 12.2. The van der Waals surface area contributed by atoms with E-state index in [4.69, 9.17) is 9.47 Å². The Hall–Kier alpha value is -4.46. The van der Waals surface area contributed by atoms with Crippen molar-refractivity contribution in [3.05, 3.63) is 89.5 Å². The van der Waals surface area contributed by atoms with Crippen LogP contribution < -0.4 is 20.2 Å². The van der Waals surface area contributed by atoms with E-state index in [1.54, 1.807) is 66.7 Å². The Morgan fingerprint density at radius 1 is 0.875 bits per heavy atom. The Labute approximate surface area is 184 Å². The van der Waals surface area contributed by atoms with E-state index in [1.807, 2.05) is 13.0 Å². The average Bonchev–Trinajstić information content (AvgIpc) is 2.80. The first-order chi connectivity index (χ1) is 15.4. The zero-order valence-corrected chi connectivity index (χ0v) is 17.5. The van der Waals surface area contributed by atoms with Crippen LogP contribution in [0.3, 0.4) is 0 Å². The van der Waals surface area contributed by atoms with Gasteiger partial charge in [-0.3, -0.25) is 9.59 Å². The zero-order chi connectivity index (χ0) is 22.9. The summed E-state index contributed by atoms with van der Waals surface area (Å²) in [6.45, 7) is 1.90. The van der Waals surface area contributed by atoms with Gasteiger partial charge in [0.05, 0.1) is 18.9 Å². The maximum absolute atomic E-state index is 12.2. The molecule has 0 atom stereocenters. The van der Waals surface area contributed by atoms with Crippen LogP contribution >= 0.6 is 0 Å². The molecule has 0 saturated heterocycles. The molecule has 3 aromatic rings. The normalized spacial score (nSPS) is 10.4. The zero-order valence-electron chi connectivity index (χ0n) is 17.5. The number of aryl methyl sites for hydroxylation is 1. The number of hydrogen-bond acceptors (Lipinski definition) is 6. The van der Waals surface area contributed by atoms with E-state index >= 15 is 0 Å². The van der Waals surface area contributed by atoms with E-state index in [1.165, 1.54) is 13.3 Å². The number of nitrogens with zero attached hydrogens (tertiary/aromatic N) is 1. The number of hydrazone groups is 1. The Balaban J connectivity index is 1.50. The van der Waals surface area contributed by atoms with Crippen LogP contribution in [0.1, 0.15) is 21.5 Å². The first kappa shape index (κ1) is 22.2. The van der Waals surface area contributed by atoms with Gasteiger partial charge in [0.2, 0.25) is 0 Å². The molecule has 8 nitrogen and oxygen atoms in total. The molecule has 162 valence electrons. The lowest BCUT2D eigenvalue weighted by Crippen LogP contribution is -2.32. The van der Waals surface area contributed by atoms with Crippen molar-refractivity contribution < 1.29 is 23.9 Å². The molecular weight excluding hydrogens is 410 g/mol. The molecular formula is C24H21N3O5. The average molecular weight is 431 g/mol. The number of anilines is 1. The van der Waals surface area contributed by atoms with Crippen molar-refractivity contribution in [1.29, 1.82) is 0 Å². The lowest BCUT2D eigenvalue weighted by molar-refractivity contribution is -0.136. The van der Waals surface area contributed by atoms with Crippen molar-refractivity contribution in [2.24, 2.45) is 5.10 Å². The van der Waals surface area contributed by atoms with Gasteiger partial charge >= 0.3 is 17.8 Å². The van der Waals surface area contributed by atoms with E-state index in [-0.39, 0.29) is 0 Å². The molecule has 2 N–H and O–H groups in total. The van der Waals surface area contributed by atoms with Crippen molar-refractivity contribution in [3.8, 4) is 11.5 Å². The summed E-state index contributed by atoms with van der Waals surface area (Å²) in [5, 5.41) is 6.22. The molecule has 0 aliphatic carbocycles. The molecule has 0 unspecified atom stereocenters. The first-order valence-corrected chi connectivity index (χ1v) is 9.62. The van der Waals surface area contributed by atoms with Gasteiger partial charge in [0, 0.05) is 5.69 Å². The van der Waals surface area contributed by atoms with Crippen molar-refractivity contribution in [2.45, 2.75) is 6.92 Å². The van der Waals surface area contributed by atoms with Crippen molar-refractivity contribution >= 4 is 29.7 Å². The van der Waals surface area contributed by atoms with Crippen LogP contribution in [0.4, 0.5) is 5.69 Å². The molecule has 0 spiro atoms. The molecule has 0 radical (unpaired) electrons. The highest BCUT2D eigenvalue weighted by molar-refractivity contribution is 6.39. The van der Waals surface area contributed by atoms with Crippen molar-refractivity contribution in [3.63, 3.8) is 0 Å². The highest BCUT2D eigenvalue weighted by Crippen LogP contribution is 2.15. The third-order valence-electron chi connectivity index (χ3n) is 4.28. The molecule has 0 fully saturated rings. The molecule has 0 aliphatic heterocycles. The van der Waals surface area contributed by atoms with Gasteiger partial charge < -0.3 is 14.8 Å². The summed E-state index contributed by atoms with van der Waals surface area (Å²) >= 11 is 0. The molecule has 8 heteroatoms. The topological polar surface area (TPSA) is 106 Å². The minimum Gasteiger partial charge on any atom is -0.497 e. The minimum absolute atomic E-state index is 0.372. The van der Waals surface area contributed by atoms with Gasteiger partial charge in [-0.25, -0.2) is 10.2 Å². The van der Waals surface area contributed by atoms with Gasteiger partial charge in [0.1, 0.15) is 11.5 Å². The van der Waals surface area contributed by atoms with Crippen LogP contribution in [-0.4, -0.2) is 31.1 Å². The summed E-state index contributed by atoms with van der Waals surface area (Å²) < 4.78 is 10.4. The summed E-state index contributed by atoms with van der Waals surface area (Å²) in [7, 11) is 1.53. The molecule has 0 aliphatic rings. The number of nitrogens with one attached hydrogen (secondary N) is 2. The van der Waals surface area contributed by atoms with E-state index in [2.05, 4.69) is 15.8 Å². The minimum atomic E-state index is -0.916. The lowest BCUT2D eigenvalue weighted by atomic mass is 10.1. The molecule has 3 rings (SSSR count). The third-order valence-corrected chi connectivity index (χ3v) is 4.28. The summed E-state index contributed by atoms with van der Waals surface area (Å²) in [4.78, 5) is 36.0. The molecule has 3 aromatic carbocycles. The molecule has 32 heavy (non-hydrogen) atoms. The monoisotopic (exact) mass is 431 g/mol. The summed E-state index contributed by atoms with van der Waals surface area (Å²) in [5.41, 5.74) is 4.67. The van der Waals surface area contributed by atoms with Gasteiger partial charge in [0.25, 0.3) is 0 Å². The van der Waals surface area contributed by atoms with Gasteiger partial charge in [-0.1, -0.05) is 17.7 Å². The lowest BCUT2D eigenvalue weighted by Gasteiger charge is -2.05. The van der Waals surface area contributed by atoms with Crippen LogP contribution in [0.5, 0.6) is 11.5 Å². The van der Waals surface area contributed by atoms with Crippen LogP contribution in [-0.2, 0) is 9.59 Å². The molecule has 0 aromatic heterocycles. The van der Waals surface area contributed by atoms with Crippen molar-refractivity contribution in [1.82, 2.24) is 5.43 Å². The highest BCUT2D eigenvalue weighted by Gasteiger charge is 2.13. The largest absolute Gasteiger partial charge is 0.497 e. The fourth-order valence-electron chi connectivity index (χ4n) is 2.64. The summed E-state index contributed by atoms with van der Waals surface area (Å²) in [5.74, 6) is -1.22. The van der Waals surface area contributed by atoms with Crippen molar-refractivity contribution in [2.75, 3.05) is 12.4 Å². The van der Waals surface area contributed by atoms with Crippen LogP contribution in [0.2, 0.25) is 0 Å². The second-order valence-electron chi connectivity index (χ2n) is 6.71. The smallest absolute Gasteiger partial charge is 0.343 e. The van der Waals surface area contributed by atoms with Gasteiger partial charge in [0.15, 0.2) is 0 Å². The Bertz CT molecular complexity index is 1140. The summed E-state index contributed by atoms with van der Waals surface area (Å²) in [6.07, 6.45) is 1.37. The fraction of sp³-hybridized carbons (Fsp3) is 0.0833. The highest BCUT2D eigenvalue weighted by atomic mass is 16.5. The standard InChI is InChI=1S/C24H21N3O5/c1-16-4-3-5-18(14-16)24(30)32-21-10-6-17(7-11-21)15-25-27-23(29)22(28)26-19-8-12-20(31-2)13-9-19/h3-15H,1-2H3,(H,26,28)(H,27,29)/b25-15-. The number of carbonyl (C=O) groups excluding carboxylic acids is 3. The number of ether oxygens (including phenoxy) is 2. The Morgan fingerprint density at radius 3 is 2.22 bits per heavy atom. The SMILES string of the molecule is COc1ccc(NC(=O)C(=O)N/N=C\c2ccc(OC(=O)c3cccc(C)c3)cc2)cc1. The van der Waals surface area contributed by atoms with E-state index in [9.17, 15) is 14.4 Å². The van der Waals surface area contributed by atoms with Gasteiger partial charge in [-0.2, -0.15) is 5.10 Å². The number of amides is 2. The number of benzene rings is 3. The number of methoxy groups -OCH3 is 1. The first-order valence-electron chi connectivity index (χ1n) is 9.62. The van der Waals surface area contributed by atoms with Gasteiger partial charge in [-0.15, -0.1) is 0 Å². The molecule has 2 amide bonds. The predicted molar refractivity (Wildman–Crippen MR) is 120 cm³/mol. The van der Waals surface area contributed by atoms with E-state index in [0.29, 0.717) is 28.3 Å². The third kappa shape index (κ3) is 6.27. The second kappa shape index (κ2) is 10.5.